The number of halogens is 1. The van der Waals surface area contributed by atoms with Crippen LogP contribution in [0.15, 0.2) is 12.1 Å². The fourth-order valence-electron chi connectivity index (χ4n) is 2.00. The van der Waals surface area contributed by atoms with E-state index in [1.165, 1.54) is 6.07 Å². The van der Waals surface area contributed by atoms with Crippen LogP contribution in [0.3, 0.4) is 0 Å². The van der Waals surface area contributed by atoms with Gasteiger partial charge in [0.25, 0.3) is 0 Å². The summed E-state index contributed by atoms with van der Waals surface area (Å²) in [5, 5.41) is 17.0. The summed E-state index contributed by atoms with van der Waals surface area (Å²) in [5.74, 6) is -0.502. The first kappa shape index (κ1) is 9.28. The largest absolute Gasteiger partial charge is 0.240 e. The molecule has 5 heteroatoms. The van der Waals surface area contributed by atoms with Crippen LogP contribution in [0.2, 0.25) is 0 Å². The standard InChI is InChI=1S/C11H9FN4/c12-9-4-5-10-11(8(9)6-13)16(15-14-10)7-2-1-3-7/h4-5,7H,1-3H2. The number of rotatable bonds is 1. The maximum Gasteiger partial charge on any atom is 0.143 e. The second kappa shape index (κ2) is 3.27. The highest BCUT2D eigenvalue weighted by molar-refractivity contribution is 5.81. The molecule has 3 rings (SSSR count). The quantitative estimate of drug-likeness (QED) is 0.734. The Morgan fingerprint density at radius 3 is 2.88 bits per heavy atom. The Labute approximate surface area is 91.3 Å². The van der Waals surface area contributed by atoms with Gasteiger partial charge in [0.1, 0.15) is 28.5 Å². The molecule has 0 saturated heterocycles. The summed E-state index contributed by atoms with van der Waals surface area (Å²) in [7, 11) is 0. The Hall–Kier alpha value is -1.96. The molecule has 0 unspecified atom stereocenters. The normalized spacial score (nSPS) is 16.0. The average molecular weight is 216 g/mol. The van der Waals surface area contributed by atoms with Gasteiger partial charge >= 0.3 is 0 Å². The van der Waals surface area contributed by atoms with Crippen LogP contribution in [0.25, 0.3) is 11.0 Å². The molecule has 0 amide bonds. The summed E-state index contributed by atoms with van der Waals surface area (Å²) in [6.45, 7) is 0. The molecular weight excluding hydrogens is 207 g/mol. The van der Waals surface area contributed by atoms with Crippen LogP contribution in [0.5, 0.6) is 0 Å². The molecule has 80 valence electrons. The van der Waals surface area contributed by atoms with Crippen molar-refractivity contribution in [3.63, 3.8) is 0 Å². The van der Waals surface area contributed by atoms with E-state index < -0.39 is 5.82 Å². The van der Waals surface area contributed by atoms with Gasteiger partial charge in [-0.2, -0.15) is 5.26 Å². The van der Waals surface area contributed by atoms with Gasteiger partial charge in [-0.15, -0.1) is 5.10 Å². The molecule has 1 saturated carbocycles. The average Bonchev–Trinajstić information content (AvgIpc) is 2.60. The van der Waals surface area contributed by atoms with Gasteiger partial charge in [-0.3, -0.25) is 0 Å². The predicted molar refractivity (Wildman–Crippen MR) is 55.1 cm³/mol. The fourth-order valence-corrected chi connectivity index (χ4v) is 2.00. The summed E-state index contributed by atoms with van der Waals surface area (Å²) in [5.41, 5.74) is 1.17. The van der Waals surface area contributed by atoms with Gasteiger partial charge in [-0.25, -0.2) is 9.07 Å². The SMILES string of the molecule is N#Cc1c(F)ccc2nnn(C3CCC3)c12. The Balaban J connectivity index is 2.30. The van der Waals surface area contributed by atoms with Crippen molar-refractivity contribution in [3.8, 4) is 6.07 Å². The highest BCUT2D eigenvalue weighted by Crippen LogP contribution is 2.34. The Morgan fingerprint density at radius 1 is 1.44 bits per heavy atom. The first-order valence-electron chi connectivity index (χ1n) is 5.25. The van der Waals surface area contributed by atoms with Crippen molar-refractivity contribution in [2.24, 2.45) is 0 Å². The molecule has 1 heterocycles. The zero-order valence-electron chi connectivity index (χ0n) is 8.52. The summed E-state index contributed by atoms with van der Waals surface area (Å²) in [4.78, 5) is 0. The van der Waals surface area contributed by atoms with Crippen molar-refractivity contribution in [1.82, 2.24) is 15.0 Å². The van der Waals surface area contributed by atoms with E-state index >= 15 is 0 Å². The van der Waals surface area contributed by atoms with E-state index in [0.717, 1.165) is 19.3 Å². The minimum absolute atomic E-state index is 0.0504. The van der Waals surface area contributed by atoms with Crippen molar-refractivity contribution < 1.29 is 4.39 Å². The zero-order valence-corrected chi connectivity index (χ0v) is 8.52. The van der Waals surface area contributed by atoms with Crippen molar-refractivity contribution in [3.05, 3.63) is 23.5 Å². The van der Waals surface area contributed by atoms with Gasteiger partial charge in [0.05, 0.1) is 6.04 Å². The molecule has 0 bridgehead atoms. The Kier molecular flexibility index (Phi) is 1.90. The Morgan fingerprint density at radius 2 is 2.25 bits per heavy atom. The van der Waals surface area contributed by atoms with E-state index in [4.69, 9.17) is 5.26 Å². The number of nitriles is 1. The molecule has 1 aliphatic rings. The molecule has 2 aromatic rings. The van der Waals surface area contributed by atoms with Gasteiger partial charge < -0.3 is 0 Å². The highest BCUT2D eigenvalue weighted by atomic mass is 19.1. The maximum absolute atomic E-state index is 13.5. The molecule has 0 radical (unpaired) electrons. The third kappa shape index (κ3) is 1.13. The van der Waals surface area contributed by atoms with Crippen LogP contribution in [-0.2, 0) is 0 Å². The molecule has 1 aromatic heterocycles. The first-order valence-corrected chi connectivity index (χ1v) is 5.25. The van der Waals surface area contributed by atoms with E-state index in [0.29, 0.717) is 11.0 Å². The van der Waals surface area contributed by atoms with E-state index in [1.807, 2.05) is 6.07 Å². The number of benzene rings is 1. The lowest BCUT2D eigenvalue weighted by molar-refractivity contribution is 0.291. The molecular formula is C11H9FN4. The second-order valence-corrected chi connectivity index (χ2v) is 4.02. The van der Waals surface area contributed by atoms with E-state index in [2.05, 4.69) is 10.3 Å². The van der Waals surface area contributed by atoms with Crippen LogP contribution in [-0.4, -0.2) is 15.0 Å². The molecule has 16 heavy (non-hydrogen) atoms. The molecule has 0 atom stereocenters. The van der Waals surface area contributed by atoms with Gasteiger partial charge in [-0.05, 0) is 31.4 Å². The lowest BCUT2D eigenvalue weighted by atomic mass is 9.93. The molecule has 1 aromatic carbocycles. The highest BCUT2D eigenvalue weighted by Gasteiger charge is 2.24. The number of fused-ring (bicyclic) bond motifs is 1. The summed E-state index contributed by atoms with van der Waals surface area (Å²) >= 11 is 0. The lowest BCUT2D eigenvalue weighted by Crippen LogP contribution is -2.18. The maximum atomic E-state index is 13.5. The minimum atomic E-state index is -0.502. The predicted octanol–water partition coefficient (Wildman–Crippen LogP) is 2.17. The molecule has 0 N–H and O–H groups in total. The van der Waals surface area contributed by atoms with E-state index in [1.54, 1.807) is 10.7 Å². The number of aromatic nitrogens is 3. The van der Waals surface area contributed by atoms with Gasteiger partial charge in [0.15, 0.2) is 0 Å². The summed E-state index contributed by atoms with van der Waals surface area (Å²) in [6, 6.07) is 5.00. The number of nitrogens with zero attached hydrogens (tertiary/aromatic N) is 4. The Bertz CT molecular complexity index is 592. The monoisotopic (exact) mass is 216 g/mol. The molecule has 0 aliphatic heterocycles. The molecule has 1 aliphatic carbocycles. The van der Waals surface area contributed by atoms with Crippen LogP contribution in [0, 0.1) is 17.1 Å². The smallest absolute Gasteiger partial charge is 0.143 e. The fraction of sp³-hybridized carbons (Fsp3) is 0.364. The van der Waals surface area contributed by atoms with Crippen molar-refractivity contribution in [1.29, 1.82) is 5.26 Å². The van der Waals surface area contributed by atoms with Crippen molar-refractivity contribution >= 4 is 11.0 Å². The van der Waals surface area contributed by atoms with Crippen molar-refractivity contribution in [2.75, 3.05) is 0 Å². The van der Waals surface area contributed by atoms with Crippen LogP contribution < -0.4 is 0 Å². The van der Waals surface area contributed by atoms with Crippen LogP contribution in [0.1, 0.15) is 30.9 Å². The third-order valence-electron chi connectivity index (χ3n) is 3.12. The second-order valence-electron chi connectivity index (χ2n) is 4.02. The summed E-state index contributed by atoms with van der Waals surface area (Å²) in [6.07, 6.45) is 3.21. The number of hydrogen-bond donors (Lipinski definition) is 0. The van der Waals surface area contributed by atoms with Gasteiger partial charge in [-0.1, -0.05) is 5.21 Å². The zero-order chi connectivity index (χ0) is 11.1. The van der Waals surface area contributed by atoms with E-state index in [9.17, 15) is 4.39 Å². The molecule has 4 nitrogen and oxygen atoms in total. The third-order valence-corrected chi connectivity index (χ3v) is 3.12. The lowest BCUT2D eigenvalue weighted by Gasteiger charge is -2.25. The minimum Gasteiger partial charge on any atom is -0.240 e. The molecule has 1 fully saturated rings. The van der Waals surface area contributed by atoms with Gasteiger partial charge in [0, 0.05) is 0 Å². The first-order chi connectivity index (χ1) is 7.81. The van der Waals surface area contributed by atoms with Crippen LogP contribution >= 0.6 is 0 Å². The van der Waals surface area contributed by atoms with Crippen LogP contribution in [0.4, 0.5) is 4.39 Å². The summed E-state index contributed by atoms with van der Waals surface area (Å²) < 4.78 is 15.2. The molecule has 0 spiro atoms. The topological polar surface area (TPSA) is 54.5 Å². The van der Waals surface area contributed by atoms with E-state index in [-0.39, 0.29) is 11.6 Å². The number of hydrogen-bond acceptors (Lipinski definition) is 3. The van der Waals surface area contributed by atoms with Gasteiger partial charge in [0.2, 0.25) is 0 Å². The van der Waals surface area contributed by atoms with Crippen molar-refractivity contribution in [2.45, 2.75) is 25.3 Å².